The lowest BCUT2D eigenvalue weighted by Gasteiger charge is -2.37. The van der Waals surface area contributed by atoms with Crippen molar-refractivity contribution in [3.8, 4) is 17.0 Å². The van der Waals surface area contributed by atoms with Gasteiger partial charge in [0.25, 0.3) is 0 Å². The summed E-state index contributed by atoms with van der Waals surface area (Å²) in [7, 11) is 1.63. The maximum Gasteiger partial charge on any atom is 0.312 e. The Morgan fingerprint density at radius 1 is 1.36 bits per heavy atom. The van der Waals surface area contributed by atoms with Crippen molar-refractivity contribution in [1.29, 1.82) is 0 Å². The molecule has 1 saturated heterocycles. The van der Waals surface area contributed by atoms with Gasteiger partial charge in [-0.1, -0.05) is 11.6 Å². The lowest BCUT2D eigenvalue weighted by Crippen LogP contribution is -2.49. The summed E-state index contributed by atoms with van der Waals surface area (Å²) in [5, 5.41) is 13.0. The first-order chi connectivity index (χ1) is 13.2. The Morgan fingerprint density at radius 3 is 2.79 bits per heavy atom. The number of aryl methyl sites for hydroxylation is 1. The fourth-order valence-corrected chi connectivity index (χ4v) is 4.23. The highest BCUT2D eigenvalue weighted by Crippen LogP contribution is 2.35. The Balaban J connectivity index is 1.74. The molecule has 0 bridgehead atoms. The van der Waals surface area contributed by atoms with Crippen LogP contribution in [0.15, 0.2) is 23.6 Å². The van der Waals surface area contributed by atoms with Gasteiger partial charge in [0, 0.05) is 31.1 Å². The number of nitrogens with zero attached hydrogens (tertiary/aromatic N) is 2. The van der Waals surface area contributed by atoms with Crippen LogP contribution in [0.4, 0.5) is 5.13 Å². The highest BCUT2D eigenvalue weighted by molar-refractivity contribution is 7.14. The number of aromatic hydroxyl groups is 1. The van der Waals surface area contributed by atoms with E-state index in [1.54, 1.807) is 13.2 Å². The van der Waals surface area contributed by atoms with E-state index in [1.165, 1.54) is 11.3 Å². The normalized spacial score (nSPS) is 20.2. The third kappa shape index (κ3) is 4.64. The second-order valence-electron chi connectivity index (χ2n) is 8.18. The van der Waals surface area contributed by atoms with E-state index in [0.717, 1.165) is 22.0 Å². The van der Waals surface area contributed by atoms with Gasteiger partial charge in [0.2, 0.25) is 0 Å². The third-order valence-electron chi connectivity index (χ3n) is 4.76. The van der Waals surface area contributed by atoms with Gasteiger partial charge in [-0.3, -0.25) is 4.79 Å². The Hall–Kier alpha value is -2.12. The SMILES string of the molecule is CO[C@H]1CN(c2nc(-c3cc(C)ccc3O)cs2)CC[C@H]1C(=O)OC(C)(C)C. The molecule has 1 aromatic carbocycles. The van der Waals surface area contributed by atoms with Crippen molar-refractivity contribution < 1.29 is 19.4 Å². The molecule has 7 heteroatoms. The van der Waals surface area contributed by atoms with Gasteiger partial charge in [0.1, 0.15) is 11.4 Å². The number of rotatable bonds is 4. The number of carbonyl (C=O) groups excluding carboxylic acids is 1. The number of anilines is 1. The number of benzene rings is 1. The van der Waals surface area contributed by atoms with E-state index in [9.17, 15) is 9.90 Å². The van der Waals surface area contributed by atoms with Crippen LogP contribution in [0.5, 0.6) is 5.75 Å². The second kappa shape index (κ2) is 8.09. The smallest absolute Gasteiger partial charge is 0.312 e. The zero-order valence-electron chi connectivity index (χ0n) is 17.1. The van der Waals surface area contributed by atoms with Gasteiger partial charge in [-0.15, -0.1) is 11.3 Å². The summed E-state index contributed by atoms with van der Waals surface area (Å²) >= 11 is 1.53. The summed E-state index contributed by atoms with van der Waals surface area (Å²) in [6.07, 6.45) is 0.404. The number of phenolic OH excluding ortho intramolecular Hbond substituents is 1. The first kappa shape index (κ1) is 20.6. The number of ether oxygens (including phenoxy) is 2. The molecule has 152 valence electrons. The van der Waals surface area contributed by atoms with Crippen LogP contribution in [-0.4, -0.2) is 48.0 Å². The summed E-state index contributed by atoms with van der Waals surface area (Å²) in [5.74, 6) is -0.259. The molecule has 0 spiro atoms. The minimum absolute atomic E-state index is 0.205. The van der Waals surface area contributed by atoms with Crippen molar-refractivity contribution in [3.63, 3.8) is 0 Å². The highest BCUT2D eigenvalue weighted by atomic mass is 32.1. The van der Waals surface area contributed by atoms with E-state index in [0.29, 0.717) is 19.5 Å². The van der Waals surface area contributed by atoms with Gasteiger partial charge < -0.3 is 19.5 Å². The topological polar surface area (TPSA) is 71.9 Å². The summed E-state index contributed by atoms with van der Waals surface area (Å²) in [6, 6.07) is 5.49. The number of hydrogen-bond donors (Lipinski definition) is 1. The number of methoxy groups -OCH3 is 1. The average Bonchev–Trinajstić information content (AvgIpc) is 3.11. The van der Waals surface area contributed by atoms with Crippen LogP contribution in [0.25, 0.3) is 11.3 Å². The second-order valence-corrected chi connectivity index (χ2v) is 9.02. The molecule has 2 aromatic rings. The molecule has 28 heavy (non-hydrogen) atoms. The van der Waals surface area contributed by atoms with E-state index < -0.39 is 5.60 Å². The van der Waals surface area contributed by atoms with Crippen LogP contribution in [0.1, 0.15) is 32.8 Å². The van der Waals surface area contributed by atoms with Gasteiger partial charge in [-0.2, -0.15) is 0 Å². The number of piperidine rings is 1. The van der Waals surface area contributed by atoms with Crippen LogP contribution < -0.4 is 4.90 Å². The largest absolute Gasteiger partial charge is 0.507 e. The van der Waals surface area contributed by atoms with Gasteiger partial charge in [0.05, 0.1) is 17.7 Å². The molecule has 3 rings (SSSR count). The molecule has 1 aliphatic rings. The Bertz CT molecular complexity index is 843. The third-order valence-corrected chi connectivity index (χ3v) is 5.66. The summed E-state index contributed by atoms with van der Waals surface area (Å²) < 4.78 is 11.2. The molecule has 0 saturated carbocycles. The van der Waals surface area contributed by atoms with Crippen molar-refractivity contribution in [1.82, 2.24) is 4.98 Å². The molecule has 0 amide bonds. The summed E-state index contributed by atoms with van der Waals surface area (Å²) in [5.41, 5.74) is 2.05. The average molecular weight is 405 g/mol. The quantitative estimate of drug-likeness (QED) is 0.777. The Kier molecular flexibility index (Phi) is 5.95. The van der Waals surface area contributed by atoms with Crippen LogP contribution in [0.3, 0.4) is 0 Å². The fraction of sp³-hybridized carbons (Fsp3) is 0.524. The zero-order valence-corrected chi connectivity index (χ0v) is 17.9. The first-order valence-electron chi connectivity index (χ1n) is 9.44. The van der Waals surface area contributed by atoms with Crippen molar-refractivity contribution >= 4 is 22.4 Å². The van der Waals surface area contributed by atoms with E-state index >= 15 is 0 Å². The summed E-state index contributed by atoms with van der Waals surface area (Å²) in [6.45, 7) is 8.89. The first-order valence-corrected chi connectivity index (χ1v) is 10.3. The standard InChI is InChI=1S/C21H28N2O4S/c1-13-6-7-17(24)15(10-13)16-12-28-20(22-16)23-9-8-14(18(11-23)26-5)19(25)27-21(2,3)4/h6-7,10,12,14,18,24H,8-9,11H2,1-5H3/t14-,18+/m1/s1. The van der Waals surface area contributed by atoms with Crippen LogP contribution in [0, 0.1) is 12.8 Å². The molecule has 6 nitrogen and oxygen atoms in total. The number of aromatic nitrogens is 1. The number of thiazole rings is 1. The molecule has 0 unspecified atom stereocenters. The van der Waals surface area contributed by atoms with Gasteiger partial charge >= 0.3 is 5.97 Å². The molecular weight excluding hydrogens is 376 g/mol. The van der Waals surface area contributed by atoms with Gasteiger partial charge in [-0.25, -0.2) is 4.98 Å². The van der Waals surface area contributed by atoms with Gasteiger partial charge in [-0.05, 0) is 46.2 Å². The van der Waals surface area contributed by atoms with Crippen molar-refractivity contribution in [3.05, 3.63) is 29.1 Å². The number of hydrogen-bond acceptors (Lipinski definition) is 7. The van der Waals surface area contributed by atoms with E-state index in [4.69, 9.17) is 14.5 Å². The van der Waals surface area contributed by atoms with Crippen molar-refractivity contribution in [2.45, 2.75) is 45.8 Å². The molecular formula is C21H28N2O4S. The predicted molar refractivity (Wildman–Crippen MR) is 111 cm³/mol. The lowest BCUT2D eigenvalue weighted by atomic mass is 9.93. The molecule has 1 aromatic heterocycles. The Morgan fingerprint density at radius 2 is 2.11 bits per heavy atom. The maximum atomic E-state index is 12.5. The minimum Gasteiger partial charge on any atom is -0.507 e. The minimum atomic E-state index is -0.507. The van der Waals surface area contributed by atoms with Crippen molar-refractivity contribution in [2.75, 3.05) is 25.1 Å². The highest BCUT2D eigenvalue weighted by Gasteiger charge is 2.37. The number of phenols is 1. The van der Waals surface area contributed by atoms with Crippen LogP contribution in [0.2, 0.25) is 0 Å². The number of carbonyl (C=O) groups is 1. The molecule has 0 radical (unpaired) electrons. The molecule has 1 aliphatic heterocycles. The Labute approximate surface area is 170 Å². The summed E-state index contributed by atoms with van der Waals surface area (Å²) in [4.78, 5) is 19.4. The van der Waals surface area contributed by atoms with Crippen LogP contribution >= 0.6 is 11.3 Å². The molecule has 2 heterocycles. The molecule has 2 atom stereocenters. The molecule has 0 aliphatic carbocycles. The maximum absolute atomic E-state index is 12.5. The van der Waals surface area contributed by atoms with E-state index in [-0.39, 0.29) is 23.7 Å². The lowest BCUT2D eigenvalue weighted by molar-refractivity contribution is -0.165. The zero-order chi connectivity index (χ0) is 20.5. The van der Waals surface area contributed by atoms with E-state index in [2.05, 4.69) is 4.90 Å². The monoisotopic (exact) mass is 404 g/mol. The molecule has 1 N–H and O–H groups in total. The van der Waals surface area contributed by atoms with Crippen LogP contribution in [-0.2, 0) is 14.3 Å². The fourth-order valence-electron chi connectivity index (χ4n) is 3.36. The van der Waals surface area contributed by atoms with E-state index in [1.807, 2.05) is 45.2 Å². The van der Waals surface area contributed by atoms with Crippen molar-refractivity contribution in [2.24, 2.45) is 5.92 Å². The predicted octanol–water partition coefficient (Wildman–Crippen LogP) is 4.01. The number of esters is 1. The molecule has 1 fully saturated rings. The van der Waals surface area contributed by atoms with Gasteiger partial charge in [0.15, 0.2) is 5.13 Å².